The minimum Gasteiger partial charge on any atom is -0.279 e. The summed E-state index contributed by atoms with van der Waals surface area (Å²) in [5.74, 6) is -0.699. The van der Waals surface area contributed by atoms with Gasteiger partial charge in [0, 0.05) is 0 Å². The van der Waals surface area contributed by atoms with Gasteiger partial charge in [-0.25, -0.2) is 12.8 Å². The van der Waals surface area contributed by atoms with Gasteiger partial charge in [0.15, 0.2) is 0 Å². The van der Waals surface area contributed by atoms with E-state index in [1.807, 2.05) is 4.72 Å². The van der Waals surface area contributed by atoms with E-state index in [0.29, 0.717) is 12.1 Å². The maximum Gasteiger partial charge on any atom is 0.416 e. The molecular formula is C13H8ClF4NO2S. The molecule has 0 fully saturated rings. The quantitative estimate of drug-likeness (QED) is 0.836. The van der Waals surface area contributed by atoms with E-state index < -0.39 is 32.5 Å². The second-order valence-corrected chi connectivity index (χ2v) is 6.32. The van der Waals surface area contributed by atoms with Gasteiger partial charge in [-0.1, -0.05) is 17.7 Å². The standard InChI is InChI=1S/C13H8ClF4NO2S/c14-11-5-4-8(13(16,17)18)6-12(11)22(20,21)19-10-3-1-2-9(15)7-10/h1-7,19H. The van der Waals surface area contributed by atoms with Gasteiger partial charge in [-0.05, 0) is 36.4 Å². The first-order chi connectivity index (χ1) is 10.1. The van der Waals surface area contributed by atoms with Crippen molar-refractivity contribution in [2.75, 3.05) is 4.72 Å². The lowest BCUT2D eigenvalue weighted by atomic mass is 10.2. The number of hydrogen-bond acceptors (Lipinski definition) is 2. The van der Waals surface area contributed by atoms with E-state index in [1.165, 1.54) is 12.1 Å². The molecule has 0 aliphatic carbocycles. The fraction of sp³-hybridized carbons (Fsp3) is 0.0769. The molecule has 0 aliphatic rings. The van der Waals surface area contributed by atoms with E-state index in [-0.39, 0.29) is 10.7 Å². The zero-order chi connectivity index (χ0) is 16.5. The summed E-state index contributed by atoms with van der Waals surface area (Å²) in [5, 5.41) is -0.378. The summed E-state index contributed by atoms with van der Waals surface area (Å²) in [6.45, 7) is 0. The molecule has 0 bridgehead atoms. The molecule has 3 nitrogen and oxygen atoms in total. The Bertz CT molecular complexity index is 806. The van der Waals surface area contributed by atoms with Gasteiger partial charge in [-0.2, -0.15) is 13.2 Å². The van der Waals surface area contributed by atoms with Crippen LogP contribution < -0.4 is 4.72 Å². The lowest BCUT2D eigenvalue weighted by Gasteiger charge is -2.12. The first kappa shape index (κ1) is 16.6. The number of halogens is 5. The summed E-state index contributed by atoms with van der Waals surface area (Å²) >= 11 is 5.67. The van der Waals surface area contributed by atoms with Crippen LogP contribution in [0.2, 0.25) is 5.02 Å². The lowest BCUT2D eigenvalue weighted by molar-refractivity contribution is -0.137. The van der Waals surface area contributed by atoms with Crippen LogP contribution in [-0.4, -0.2) is 8.42 Å². The summed E-state index contributed by atoms with van der Waals surface area (Å²) in [6.07, 6.45) is -4.71. The average Bonchev–Trinajstić information content (AvgIpc) is 2.36. The van der Waals surface area contributed by atoms with Crippen LogP contribution in [0.4, 0.5) is 23.2 Å². The summed E-state index contributed by atoms with van der Waals surface area (Å²) in [4.78, 5) is -0.742. The monoisotopic (exact) mass is 353 g/mol. The molecule has 2 rings (SSSR count). The van der Waals surface area contributed by atoms with Crippen LogP contribution in [0, 0.1) is 5.82 Å². The van der Waals surface area contributed by atoms with E-state index >= 15 is 0 Å². The van der Waals surface area contributed by atoms with E-state index in [9.17, 15) is 26.0 Å². The number of rotatable bonds is 3. The maximum absolute atomic E-state index is 13.0. The SMILES string of the molecule is O=S(=O)(Nc1cccc(F)c1)c1cc(C(F)(F)F)ccc1Cl. The van der Waals surface area contributed by atoms with Crippen LogP contribution in [-0.2, 0) is 16.2 Å². The van der Waals surface area contributed by atoms with Crippen molar-refractivity contribution in [3.63, 3.8) is 0 Å². The molecule has 0 amide bonds. The van der Waals surface area contributed by atoms with Crippen LogP contribution in [0.1, 0.15) is 5.56 Å². The van der Waals surface area contributed by atoms with Crippen molar-refractivity contribution >= 4 is 27.3 Å². The Morgan fingerprint density at radius 3 is 2.32 bits per heavy atom. The van der Waals surface area contributed by atoms with Crippen molar-refractivity contribution in [1.82, 2.24) is 0 Å². The van der Waals surface area contributed by atoms with E-state index in [4.69, 9.17) is 11.6 Å². The molecule has 9 heteroatoms. The largest absolute Gasteiger partial charge is 0.416 e. The average molecular weight is 354 g/mol. The molecule has 0 unspecified atom stereocenters. The Labute approximate surface area is 128 Å². The molecule has 118 valence electrons. The third kappa shape index (κ3) is 3.69. The van der Waals surface area contributed by atoms with Crippen molar-refractivity contribution in [2.45, 2.75) is 11.1 Å². The minimum absolute atomic E-state index is 0.131. The van der Waals surface area contributed by atoms with Crippen molar-refractivity contribution in [1.29, 1.82) is 0 Å². The Balaban J connectivity index is 2.45. The van der Waals surface area contributed by atoms with Crippen LogP contribution in [0.3, 0.4) is 0 Å². The first-order valence-corrected chi connectivity index (χ1v) is 7.61. The van der Waals surface area contributed by atoms with Crippen LogP contribution in [0.15, 0.2) is 47.4 Å². The molecule has 2 aromatic carbocycles. The number of hydrogen-bond donors (Lipinski definition) is 1. The van der Waals surface area contributed by atoms with Gasteiger partial charge in [-0.15, -0.1) is 0 Å². The third-order valence-corrected chi connectivity index (χ3v) is 4.49. The van der Waals surface area contributed by atoms with Gasteiger partial charge in [-0.3, -0.25) is 4.72 Å². The number of anilines is 1. The van der Waals surface area contributed by atoms with Gasteiger partial charge >= 0.3 is 6.18 Å². The molecule has 0 heterocycles. The first-order valence-electron chi connectivity index (χ1n) is 5.75. The number of sulfonamides is 1. The van der Waals surface area contributed by atoms with Crippen LogP contribution >= 0.6 is 11.6 Å². The summed E-state index contributed by atoms with van der Waals surface area (Å²) < 4.78 is 77.2. The lowest BCUT2D eigenvalue weighted by Crippen LogP contribution is -2.15. The van der Waals surface area contributed by atoms with Gasteiger partial charge in [0.05, 0.1) is 16.3 Å². The maximum atomic E-state index is 13.0. The smallest absolute Gasteiger partial charge is 0.279 e. The predicted octanol–water partition coefficient (Wildman–Crippen LogP) is 4.30. The fourth-order valence-corrected chi connectivity index (χ4v) is 3.22. The highest BCUT2D eigenvalue weighted by molar-refractivity contribution is 7.92. The van der Waals surface area contributed by atoms with Crippen LogP contribution in [0.25, 0.3) is 0 Å². The van der Waals surface area contributed by atoms with Crippen molar-refractivity contribution in [3.8, 4) is 0 Å². The molecule has 0 aromatic heterocycles. The number of benzene rings is 2. The predicted molar refractivity (Wildman–Crippen MR) is 73.7 cm³/mol. The van der Waals surface area contributed by atoms with Gasteiger partial charge < -0.3 is 0 Å². The highest BCUT2D eigenvalue weighted by atomic mass is 35.5. The zero-order valence-electron chi connectivity index (χ0n) is 10.7. The molecule has 1 N–H and O–H groups in total. The minimum atomic E-state index is -4.71. The van der Waals surface area contributed by atoms with Gasteiger partial charge in [0.2, 0.25) is 0 Å². The van der Waals surface area contributed by atoms with E-state index in [1.54, 1.807) is 0 Å². The molecule has 0 atom stereocenters. The second-order valence-electron chi connectivity index (χ2n) is 4.26. The second kappa shape index (κ2) is 5.77. The molecule has 2 aromatic rings. The topological polar surface area (TPSA) is 46.2 Å². The molecule has 0 spiro atoms. The van der Waals surface area contributed by atoms with E-state index in [0.717, 1.165) is 18.2 Å². The molecular weight excluding hydrogens is 346 g/mol. The Kier molecular flexibility index (Phi) is 4.35. The molecule has 0 radical (unpaired) electrons. The molecule has 22 heavy (non-hydrogen) atoms. The normalized spacial score (nSPS) is 12.2. The summed E-state index contributed by atoms with van der Waals surface area (Å²) in [7, 11) is -4.39. The highest BCUT2D eigenvalue weighted by Gasteiger charge is 2.32. The molecule has 0 saturated heterocycles. The summed E-state index contributed by atoms with van der Waals surface area (Å²) in [6, 6.07) is 6.41. The molecule has 0 aliphatic heterocycles. The Morgan fingerprint density at radius 1 is 1.05 bits per heavy atom. The number of nitrogens with one attached hydrogen (secondary N) is 1. The Morgan fingerprint density at radius 2 is 1.73 bits per heavy atom. The summed E-state index contributed by atoms with van der Waals surface area (Å²) in [5.41, 5.74) is -1.29. The van der Waals surface area contributed by atoms with Crippen molar-refractivity contribution < 1.29 is 26.0 Å². The van der Waals surface area contributed by atoms with Crippen LogP contribution in [0.5, 0.6) is 0 Å². The van der Waals surface area contributed by atoms with Gasteiger partial charge in [0.1, 0.15) is 10.7 Å². The van der Waals surface area contributed by atoms with Crippen molar-refractivity contribution in [3.05, 3.63) is 58.9 Å². The zero-order valence-corrected chi connectivity index (χ0v) is 12.2. The highest BCUT2D eigenvalue weighted by Crippen LogP contribution is 2.33. The fourth-order valence-electron chi connectivity index (χ4n) is 1.65. The molecule has 0 saturated carbocycles. The third-order valence-electron chi connectivity index (χ3n) is 2.62. The van der Waals surface area contributed by atoms with Crippen molar-refractivity contribution in [2.24, 2.45) is 0 Å². The number of alkyl halides is 3. The van der Waals surface area contributed by atoms with E-state index in [2.05, 4.69) is 0 Å². The Hall–Kier alpha value is -1.80. The van der Waals surface area contributed by atoms with Gasteiger partial charge in [0.25, 0.3) is 10.0 Å².